The van der Waals surface area contributed by atoms with Crippen molar-refractivity contribution in [3.63, 3.8) is 0 Å². The van der Waals surface area contributed by atoms with Gasteiger partial charge >= 0.3 is 0 Å². The van der Waals surface area contributed by atoms with Crippen LogP contribution < -0.4 is 9.80 Å². The fraction of sp³-hybridized carbons (Fsp3) is 0.485. The van der Waals surface area contributed by atoms with Gasteiger partial charge < -0.3 is 19.6 Å². The number of likely N-dealkylation sites (tertiary alicyclic amines) is 1. The molecule has 1 aromatic heterocycles. The van der Waals surface area contributed by atoms with Crippen molar-refractivity contribution in [2.24, 2.45) is 0 Å². The summed E-state index contributed by atoms with van der Waals surface area (Å²) in [5, 5.41) is 4.89. The number of hydrogen-bond acceptors (Lipinski definition) is 6. The van der Waals surface area contributed by atoms with Crippen molar-refractivity contribution in [1.82, 2.24) is 24.6 Å². The van der Waals surface area contributed by atoms with Crippen LogP contribution in [0.15, 0.2) is 54.7 Å². The van der Waals surface area contributed by atoms with E-state index < -0.39 is 0 Å². The van der Waals surface area contributed by atoms with Crippen molar-refractivity contribution < 1.29 is 4.79 Å². The minimum absolute atomic E-state index is 0.0482. The number of amides is 1. The van der Waals surface area contributed by atoms with Crippen molar-refractivity contribution in [1.29, 1.82) is 0 Å². The summed E-state index contributed by atoms with van der Waals surface area (Å²) in [6, 6.07) is 16.0. The van der Waals surface area contributed by atoms with E-state index in [2.05, 4.69) is 96.6 Å². The van der Waals surface area contributed by atoms with Gasteiger partial charge in [-0.1, -0.05) is 37.1 Å². The fourth-order valence-corrected chi connectivity index (χ4v) is 7.67. The van der Waals surface area contributed by atoms with Gasteiger partial charge in [0.2, 0.25) is 5.82 Å². The van der Waals surface area contributed by atoms with Crippen molar-refractivity contribution in [3.8, 4) is 17.1 Å². The molecule has 4 aliphatic rings. The van der Waals surface area contributed by atoms with Crippen LogP contribution in [0, 0.1) is 6.92 Å². The minimum Gasteiger partial charge on any atom is -0.359 e. The van der Waals surface area contributed by atoms with Gasteiger partial charge in [0.15, 0.2) is 5.82 Å². The Bertz CT molecular complexity index is 1470. The second kappa shape index (κ2) is 10.0. The number of carbonyl (C=O) groups is 1. The number of anilines is 2. The van der Waals surface area contributed by atoms with Crippen LogP contribution in [-0.4, -0.2) is 81.8 Å². The van der Waals surface area contributed by atoms with E-state index in [1.54, 1.807) is 0 Å². The highest BCUT2D eigenvalue weighted by atomic mass is 16.2. The Morgan fingerprint density at radius 1 is 0.902 bits per heavy atom. The van der Waals surface area contributed by atoms with Gasteiger partial charge in [-0.15, -0.1) is 5.10 Å². The van der Waals surface area contributed by atoms with Crippen LogP contribution in [0.4, 0.5) is 11.4 Å². The first-order chi connectivity index (χ1) is 19.8. The largest absolute Gasteiger partial charge is 0.359 e. The Hall–Kier alpha value is -3.65. The van der Waals surface area contributed by atoms with Gasteiger partial charge in [-0.05, 0) is 76.9 Å². The second-order valence-corrected chi connectivity index (χ2v) is 12.6. The van der Waals surface area contributed by atoms with Gasteiger partial charge in [0.1, 0.15) is 0 Å². The summed E-state index contributed by atoms with van der Waals surface area (Å²) in [6.45, 7) is 10.6. The molecule has 0 spiro atoms. The van der Waals surface area contributed by atoms with E-state index in [0.717, 1.165) is 48.6 Å². The number of nitrogens with zero attached hydrogens (tertiary/aromatic N) is 7. The van der Waals surface area contributed by atoms with Crippen LogP contribution in [0.25, 0.3) is 17.1 Å². The van der Waals surface area contributed by atoms with Gasteiger partial charge in [-0.3, -0.25) is 4.79 Å². The number of hydrogen-bond donors (Lipinski definition) is 0. The molecule has 8 heteroatoms. The normalized spacial score (nSPS) is 24.8. The van der Waals surface area contributed by atoms with E-state index in [9.17, 15) is 4.79 Å². The summed E-state index contributed by atoms with van der Waals surface area (Å²) < 4.78 is 1.86. The SMILES string of the molecule is C=C1[C@@H](C)N(C2CCCC2)c2cc(-c3nc(C(=O)N4C5CCC4CN(C)C5)nn3-c3ccc(C)cc3)ccc2N1C. The van der Waals surface area contributed by atoms with Crippen LogP contribution in [0.1, 0.15) is 61.6 Å². The molecule has 7 rings (SSSR count). The zero-order valence-electron chi connectivity index (χ0n) is 24.8. The molecule has 3 fully saturated rings. The highest BCUT2D eigenvalue weighted by Crippen LogP contribution is 2.44. The quantitative estimate of drug-likeness (QED) is 0.441. The molecule has 3 atom stereocenters. The summed E-state index contributed by atoms with van der Waals surface area (Å²) in [7, 11) is 4.26. The lowest BCUT2D eigenvalue weighted by Gasteiger charge is -2.46. The number of piperazine rings is 1. The molecule has 41 heavy (non-hydrogen) atoms. The van der Waals surface area contributed by atoms with Crippen molar-refractivity contribution >= 4 is 17.3 Å². The standard InChI is InChI=1S/C33H41N7O/c1-21-10-13-26(14-11-21)40-32(34-31(35-40)33(41)39-27-15-16-28(39)20-36(4)19-27)24-12-17-29-30(18-24)38(25-8-6-7-9-25)23(3)22(2)37(29)5/h10-14,17-18,23,25,27-28H,2,6-9,15-16,19-20H2,1,3-5H3/t23-,27?,28?/m1/s1. The molecule has 2 aromatic carbocycles. The van der Waals surface area contributed by atoms with Gasteiger partial charge in [0.05, 0.1) is 23.1 Å². The van der Waals surface area contributed by atoms with Gasteiger partial charge in [0, 0.05) is 49.5 Å². The van der Waals surface area contributed by atoms with Crippen molar-refractivity contribution in [2.45, 2.75) is 76.5 Å². The van der Waals surface area contributed by atoms with E-state index in [1.165, 1.54) is 36.9 Å². The lowest BCUT2D eigenvalue weighted by Crippen LogP contribution is -2.54. The maximum Gasteiger partial charge on any atom is 0.294 e. The van der Waals surface area contributed by atoms with Crippen LogP contribution >= 0.6 is 0 Å². The number of likely N-dealkylation sites (N-methyl/N-ethyl adjacent to an activating group) is 2. The molecule has 0 radical (unpaired) electrons. The Morgan fingerprint density at radius 2 is 1.59 bits per heavy atom. The Labute approximate surface area is 243 Å². The van der Waals surface area contributed by atoms with Crippen molar-refractivity contribution in [3.05, 3.63) is 66.1 Å². The van der Waals surface area contributed by atoms with E-state index in [0.29, 0.717) is 11.9 Å². The third-order valence-corrected chi connectivity index (χ3v) is 9.90. The molecule has 8 nitrogen and oxygen atoms in total. The third kappa shape index (κ3) is 4.35. The van der Waals surface area contributed by atoms with Crippen LogP contribution in [0.3, 0.4) is 0 Å². The number of rotatable bonds is 4. The number of carbonyl (C=O) groups excluding carboxylic acids is 1. The van der Waals surface area contributed by atoms with E-state index in [4.69, 9.17) is 10.1 Å². The summed E-state index contributed by atoms with van der Waals surface area (Å²) in [5.74, 6) is 0.937. The maximum atomic E-state index is 14.0. The van der Waals surface area contributed by atoms with E-state index >= 15 is 0 Å². The molecule has 1 amide bonds. The van der Waals surface area contributed by atoms with Crippen molar-refractivity contribution in [2.75, 3.05) is 37.0 Å². The lowest BCUT2D eigenvalue weighted by molar-refractivity contribution is 0.0461. The molecule has 3 aliphatic heterocycles. The van der Waals surface area contributed by atoms with Gasteiger partial charge in [-0.25, -0.2) is 9.67 Å². The highest BCUT2D eigenvalue weighted by Gasteiger charge is 2.43. The van der Waals surface area contributed by atoms with Crippen LogP contribution in [0.5, 0.6) is 0 Å². The molecule has 0 N–H and O–H groups in total. The summed E-state index contributed by atoms with van der Waals surface area (Å²) in [6.07, 6.45) is 7.04. The molecule has 1 aliphatic carbocycles. The fourth-order valence-electron chi connectivity index (χ4n) is 7.67. The lowest BCUT2D eigenvalue weighted by atomic mass is 9.99. The summed E-state index contributed by atoms with van der Waals surface area (Å²) in [4.78, 5) is 28.2. The Morgan fingerprint density at radius 3 is 2.27 bits per heavy atom. The van der Waals surface area contributed by atoms with E-state index in [-0.39, 0.29) is 29.9 Å². The Balaban J connectivity index is 1.33. The molecule has 1 saturated carbocycles. The van der Waals surface area contributed by atoms with E-state index in [1.807, 2.05) is 4.68 Å². The number of benzene rings is 2. The first kappa shape index (κ1) is 26.3. The van der Waals surface area contributed by atoms with Crippen LogP contribution in [0.2, 0.25) is 0 Å². The average Bonchev–Trinajstić information content (AvgIpc) is 3.71. The number of fused-ring (bicyclic) bond motifs is 3. The zero-order valence-corrected chi connectivity index (χ0v) is 24.8. The average molecular weight is 552 g/mol. The third-order valence-electron chi connectivity index (χ3n) is 9.90. The number of aryl methyl sites for hydroxylation is 1. The summed E-state index contributed by atoms with van der Waals surface area (Å²) >= 11 is 0. The number of aromatic nitrogens is 3. The molecular formula is C33H41N7O. The smallest absolute Gasteiger partial charge is 0.294 e. The summed E-state index contributed by atoms with van der Waals surface area (Å²) in [5.41, 5.74) is 6.54. The maximum absolute atomic E-state index is 14.0. The topological polar surface area (TPSA) is 60.7 Å². The Kier molecular flexibility index (Phi) is 6.41. The molecule has 214 valence electrons. The first-order valence-corrected chi connectivity index (χ1v) is 15.2. The molecule has 4 heterocycles. The molecule has 2 bridgehead atoms. The molecule has 2 unspecified atom stereocenters. The van der Waals surface area contributed by atoms with Gasteiger partial charge in [-0.2, -0.15) is 0 Å². The first-order valence-electron chi connectivity index (χ1n) is 15.2. The molecule has 3 aromatic rings. The highest BCUT2D eigenvalue weighted by molar-refractivity contribution is 5.92. The second-order valence-electron chi connectivity index (χ2n) is 12.6. The molecule has 2 saturated heterocycles. The monoisotopic (exact) mass is 551 g/mol. The van der Waals surface area contributed by atoms with Crippen LogP contribution in [-0.2, 0) is 0 Å². The zero-order chi connectivity index (χ0) is 28.4. The minimum atomic E-state index is -0.0482. The predicted molar refractivity (Wildman–Crippen MR) is 164 cm³/mol. The predicted octanol–water partition coefficient (Wildman–Crippen LogP) is 5.26. The van der Waals surface area contributed by atoms with Gasteiger partial charge in [0.25, 0.3) is 5.91 Å². The molecular weight excluding hydrogens is 510 g/mol.